The molecule has 0 N–H and O–H groups in total. The van der Waals surface area contributed by atoms with E-state index in [4.69, 9.17) is 8.92 Å². The van der Waals surface area contributed by atoms with Gasteiger partial charge in [-0.25, -0.2) is 4.79 Å². The normalized spacial score (nSPS) is 10.9. The molecular weight excluding hydrogens is 398 g/mol. The van der Waals surface area contributed by atoms with Crippen LogP contribution in [0.5, 0.6) is 11.5 Å². The Balaban J connectivity index is 2.35. The molecule has 0 unspecified atom stereocenters. The number of amides is 1. The number of ether oxygens (including phenoxy) is 2. The predicted molar refractivity (Wildman–Crippen MR) is 106 cm³/mol. The number of benzene rings is 2. The average Bonchev–Trinajstić information content (AvgIpc) is 2.73. The van der Waals surface area contributed by atoms with Gasteiger partial charge in [-0.2, -0.15) is 8.42 Å². The van der Waals surface area contributed by atoms with Crippen LogP contribution in [0, 0.1) is 0 Å². The smallest absolute Gasteiger partial charge is 0.341 e. The highest BCUT2D eigenvalue weighted by Gasteiger charge is 2.23. The van der Waals surface area contributed by atoms with Crippen molar-refractivity contribution in [1.29, 1.82) is 0 Å². The van der Waals surface area contributed by atoms with E-state index in [0.29, 0.717) is 24.4 Å². The van der Waals surface area contributed by atoms with Crippen LogP contribution in [0.2, 0.25) is 0 Å². The molecule has 0 spiro atoms. The zero-order valence-corrected chi connectivity index (χ0v) is 17.5. The van der Waals surface area contributed by atoms with Crippen LogP contribution in [0.3, 0.4) is 0 Å². The molecule has 29 heavy (non-hydrogen) atoms. The lowest BCUT2D eigenvalue weighted by Crippen LogP contribution is -2.30. The number of esters is 1. The lowest BCUT2D eigenvalue weighted by atomic mass is 10.2. The molecule has 0 aromatic heterocycles. The third-order valence-electron chi connectivity index (χ3n) is 4.23. The Morgan fingerprint density at radius 1 is 0.966 bits per heavy atom. The van der Waals surface area contributed by atoms with Crippen molar-refractivity contribution in [1.82, 2.24) is 4.90 Å². The number of nitrogens with zero attached hydrogens (tertiary/aromatic N) is 1. The molecule has 0 aliphatic heterocycles. The summed E-state index contributed by atoms with van der Waals surface area (Å²) < 4.78 is 40.3. The molecule has 0 fully saturated rings. The van der Waals surface area contributed by atoms with Gasteiger partial charge >= 0.3 is 16.1 Å². The van der Waals surface area contributed by atoms with Gasteiger partial charge in [-0.1, -0.05) is 0 Å². The van der Waals surface area contributed by atoms with Gasteiger partial charge in [-0.15, -0.1) is 0 Å². The van der Waals surface area contributed by atoms with Gasteiger partial charge in [0.15, 0.2) is 5.75 Å². The Morgan fingerprint density at radius 2 is 1.59 bits per heavy atom. The van der Waals surface area contributed by atoms with E-state index < -0.39 is 16.1 Å². The molecule has 8 nitrogen and oxygen atoms in total. The van der Waals surface area contributed by atoms with Crippen molar-refractivity contribution >= 4 is 22.0 Å². The fourth-order valence-electron chi connectivity index (χ4n) is 2.60. The summed E-state index contributed by atoms with van der Waals surface area (Å²) in [6.07, 6.45) is 0. The molecule has 156 valence electrons. The summed E-state index contributed by atoms with van der Waals surface area (Å²) >= 11 is 0. The van der Waals surface area contributed by atoms with E-state index in [1.807, 2.05) is 13.8 Å². The first-order valence-electron chi connectivity index (χ1n) is 8.87. The van der Waals surface area contributed by atoms with E-state index in [0.717, 1.165) is 0 Å². The molecule has 0 saturated heterocycles. The van der Waals surface area contributed by atoms with E-state index in [2.05, 4.69) is 4.74 Å². The summed E-state index contributed by atoms with van der Waals surface area (Å²) in [6, 6.07) is 9.52. The van der Waals surface area contributed by atoms with Crippen molar-refractivity contribution < 1.29 is 31.7 Å². The first-order chi connectivity index (χ1) is 13.8. The summed E-state index contributed by atoms with van der Waals surface area (Å²) in [4.78, 5) is 25.7. The van der Waals surface area contributed by atoms with Gasteiger partial charge in [0.25, 0.3) is 5.91 Å². The summed E-state index contributed by atoms with van der Waals surface area (Å²) in [5.74, 6) is -0.860. The zero-order chi connectivity index (χ0) is 21.6. The van der Waals surface area contributed by atoms with Gasteiger partial charge in [0.1, 0.15) is 16.2 Å². The number of hydrogen-bond acceptors (Lipinski definition) is 7. The maximum atomic E-state index is 12.7. The summed E-state index contributed by atoms with van der Waals surface area (Å²) in [6.45, 7) is 4.82. The average molecular weight is 421 g/mol. The van der Waals surface area contributed by atoms with Crippen molar-refractivity contribution in [3.8, 4) is 11.5 Å². The van der Waals surface area contributed by atoms with Crippen molar-refractivity contribution in [2.75, 3.05) is 27.3 Å². The van der Waals surface area contributed by atoms with Gasteiger partial charge in [0.05, 0.1) is 14.2 Å². The maximum Gasteiger partial charge on any atom is 0.341 e. The molecule has 0 aliphatic carbocycles. The second-order valence-corrected chi connectivity index (χ2v) is 7.44. The molecule has 2 aromatic carbocycles. The van der Waals surface area contributed by atoms with Crippen LogP contribution in [0.25, 0.3) is 0 Å². The molecule has 0 bridgehead atoms. The molecule has 2 aromatic rings. The molecule has 0 aliphatic rings. The Hall–Kier alpha value is -3.07. The first kappa shape index (κ1) is 22.2. The highest BCUT2D eigenvalue weighted by Crippen LogP contribution is 2.28. The molecule has 9 heteroatoms. The van der Waals surface area contributed by atoms with Crippen LogP contribution in [0.4, 0.5) is 0 Å². The summed E-state index contributed by atoms with van der Waals surface area (Å²) in [7, 11) is -1.69. The van der Waals surface area contributed by atoms with Crippen LogP contribution in [0.1, 0.15) is 34.6 Å². The quantitative estimate of drug-likeness (QED) is 0.477. The minimum absolute atomic E-state index is 0.0646. The van der Waals surface area contributed by atoms with E-state index in [1.165, 1.54) is 56.7 Å². The number of carbonyl (C=O) groups is 2. The molecule has 0 heterocycles. The Morgan fingerprint density at radius 3 is 2.10 bits per heavy atom. The standard InChI is InChI=1S/C20H23NO7S/c1-5-21(6-2)19(22)14-7-10-16(11-8-14)29(24,25)28-18-13-15(26-3)9-12-17(18)20(23)27-4/h7-13H,5-6H2,1-4H3. The molecule has 0 saturated carbocycles. The van der Waals surface area contributed by atoms with Gasteiger partial charge < -0.3 is 18.6 Å². The monoisotopic (exact) mass is 421 g/mol. The summed E-state index contributed by atoms with van der Waals surface area (Å²) in [5, 5.41) is 0. The van der Waals surface area contributed by atoms with E-state index in [1.54, 1.807) is 4.90 Å². The van der Waals surface area contributed by atoms with E-state index >= 15 is 0 Å². The van der Waals surface area contributed by atoms with Crippen molar-refractivity contribution in [3.05, 3.63) is 53.6 Å². The lowest BCUT2D eigenvalue weighted by Gasteiger charge is -2.18. The van der Waals surface area contributed by atoms with Gasteiger partial charge in [0.2, 0.25) is 0 Å². The number of methoxy groups -OCH3 is 2. The second-order valence-electron chi connectivity index (χ2n) is 5.89. The van der Waals surface area contributed by atoms with Crippen molar-refractivity contribution in [2.45, 2.75) is 18.7 Å². The molecular formula is C20H23NO7S. The van der Waals surface area contributed by atoms with E-state index in [-0.39, 0.29) is 22.1 Å². The number of carbonyl (C=O) groups excluding carboxylic acids is 2. The van der Waals surface area contributed by atoms with Crippen molar-refractivity contribution in [3.63, 3.8) is 0 Å². The SMILES string of the molecule is CCN(CC)C(=O)c1ccc(S(=O)(=O)Oc2cc(OC)ccc2C(=O)OC)cc1. The number of rotatable bonds is 8. The highest BCUT2D eigenvalue weighted by molar-refractivity contribution is 7.87. The molecule has 0 radical (unpaired) electrons. The van der Waals surface area contributed by atoms with Crippen LogP contribution >= 0.6 is 0 Å². The van der Waals surface area contributed by atoms with Crippen LogP contribution < -0.4 is 8.92 Å². The van der Waals surface area contributed by atoms with Gasteiger partial charge in [-0.05, 0) is 50.2 Å². The topological polar surface area (TPSA) is 99.2 Å². The largest absolute Gasteiger partial charge is 0.497 e. The maximum absolute atomic E-state index is 12.7. The zero-order valence-electron chi connectivity index (χ0n) is 16.7. The number of hydrogen-bond donors (Lipinski definition) is 0. The minimum Gasteiger partial charge on any atom is -0.497 e. The van der Waals surface area contributed by atoms with E-state index in [9.17, 15) is 18.0 Å². The minimum atomic E-state index is -4.26. The lowest BCUT2D eigenvalue weighted by molar-refractivity contribution is 0.0598. The first-order valence-corrected chi connectivity index (χ1v) is 10.3. The van der Waals surface area contributed by atoms with Crippen molar-refractivity contribution in [2.24, 2.45) is 0 Å². The molecule has 1 amide bonds. The third-order valence-corrected chi connectivity index (χ3v) is 5.48. The fourth-order valence-corrected chi connectivity index (χ4v) is 3.54. The fraction of sp³-hybridized carbons (Fsp3) is 0.300. The molecule has 2 rings (SSSR count). The Labute approximate surface area is 170 Å². The Kier molecular flexibility index (Phi) is 7.22. The second kappa shape index (κ2) is 9.42. The summed E-state index contributed by atoms with van der Waals surface area (Å²) in [5.41, 5.74) is 0.300. The Bertz CT molecular complexity index is 980. The van der Waals surface area contributed by atoms with Crippen LogP contribution in [0.15, 0.2) is 47.4 Å². The predicted octanol–water partition coefficient (Wildman–Crippen LogP) is 2.73. The molecule has 0 atom stereocenters. The van der Waals surface area contributed by atoms with Crippen LogP contribution in [-0.4, -0.2) is 52.5 Å². The third kappa shape index (κ3) is 5.05. The van der Waals surface area contributed by atoms with Gasteiger partial charge in [-0.3, -0.25) is 4.79 Å². The van der Waals surface area contributed by atoms with Gasteiger partial charge in [0, 0.05) is 24.7 Å². The highest BCUT2D eigenvalue weighted by atomic mass is 32.2. The van der Waals surface area contributed by atoms with Crippen LogP contribution in [-0.2, 0) is 14.9 Å².